The Kier molecular flexibility index (Phi) is 4.57. The first-order chi connectivity index (χ1) is 6.34. The highest BCUT2D eigenvalue weighted by Gasteiger charge is 2.05. The molecule has 0 saturated carbocycles. The number of rotatable bonds is 6. The van der Waals surface area contributed by atoms with Crippen LogP contribution in [0.5, 0.6) is 0 Å². The molecular weight excluding hydrogens is 166 g/mol. The molecule has 0 saturated heterocycles. The van der Waals surface area contributed by atoms with E-state index >= 15 is 0 Å². The van der Waals surface area contributed by atoms with Crippen molar-refractivity contribution < 1.29 is 9.15 Å². The lowest BCUT2D eigenvalue weighted by Crippen LogP contribution is -2.22. The molecule has 74 valence electrons. The van der Waals surface area contributed by atoms with Crippen LogP contribution in [0.4, 0.5) is 0 Å². The Morgan fingerprint density at radius 2 is 2.46 bits per heavy atom. The Morgan fingerprint density at radius 1 is 1.62 bits per heavy atom. The first-order valence-corrected chi connectivity index (χ1v) is 4.69. The van der Waals surface area contributed by atoms with Crippen LogP contribution in [0.25, 0.3) is 0 Å². The van der Waals surface area contributed by atoms with E-state index in [2.05, 4.69) is 12.2 Å². The van der Waals surface area contributed by atoms with Crippen LogP contribution in [-0.2, 0) is 4.74 Å². The highest BCUT2D eigenvalue weighted by atomic mass is 16.5. The zero-order valence-corrected chi connectivity index (χ0v) is 8.25. The van der Waals surface area contributed by atoms with Crippen LogP contribution in [0.3, 0.4) is 0 Å². The summed E-state index contributed by atoms with van der Waals surface area (Å²) in [5, 5.41) is 3.30. The minimum Gasteiger partial charge on any atom is -0.468 e. The van der Waals surface area contributed by atoms with Crippen LogP contribution < -0.4 is 5.32 Å². The lowest BCUT2D eigenvalue weighted by molar-refractivity contribution is 0.146. The van der Waals surface area contributed by atoms with Gasteiger partial charge in [-0.15, -0.1) is 0 Å². The molecule has 1 aromatic rings. The van der Waals surface area contributed by atoms with E-state index in [0.29, 0.717) is 0 Å². The van der Waals surface area contributed by atoms with Crippen molar-refractivity contribution in [2.24, 2.45) is 0 Å². The van der Waals surface area contributed by atoms with Gasteiger partial charge in [0.2, 0.25) is 0 Å². The first kappa shape index (κ1) is 10.3. The Labute approximate surface area is 79.1 Å². The average molecular weight is 183 g/mol. The molecule has 1 N–H and O–H groups in total. The highest BCUT2D eigenvalue weighted by molar-refractivity contribution is 5.02. The van der Waals surface area contributed by atoms with Crippen molar-refractivity contribution >= 4 is 0 Å². The summed E-state index contributed by atoms with van der Waals surface area (Å²) in [5.41, 5.74) is 0. The molecule has 0 fully saturated rings. The Hall–Kier alpha value is -0.800. The van der Waals surface area contributed by atoms with Crippen LogP contribution in [0.1, 0.15) is 25.6 Å². The predicted octanol–water partition coefficient (Wildman–Crippen LogP) is 1.97. The molecule has 0 aromatic carbocycles. The van der Waals surface area contributed by atoms with Gasteiger partial charge in [-0.2, -0.15) is 0 Å². The van der Waals surface area contributed by atoms with Gasteiger partial charge in [0.25, 0.3) is 0 Å². The van der Waals surface area contributed by atoms with Crippen molar-refractivity contribution in [2.45, 2.75) is 19.9 Å². The van der Waals surface area contributed by atoms with Crippen LogP contribution in [-0.4, -0.2) is 19.8 Å². The number of hydrogen-bond donors (Lipinski definition) is 1. The van der Waals surface area contributed by atoms with Crippen molar-refractivity contribution in [3.05, 3.63) is 24.2 Å². The van der Waals surface area contributed by atoms with Gasteiger partial charge in [0.1, 0.15) is 5.76 Å². The Bertz CT molecular complexity index is 209. The monoisotopic (exact) mass is 183 g/mol. The maximum atomic E-state index is 5.25. The van der Waals surface area contributed by atoms with Crippen molar-refractivity contribution in [2.75, 3.05) is 19.8 Å². The van der Waals surface area contributed by atoms with Gasteiger partial charge in [-0.25, -0.2) is 0 Å². The van der Waals surface area contributed by atoms with E-state index in [-0.39, 0.29) is 6.04 Å². The molecule has 3 heteroatoms. The minimum absolute atomic E-state index is 0.260. The van der Waals surface area contributed by atoms with E-state index < -0.39 is 0 Å². The molecule has 0 aliphatic rings. The molecule has 3 nitrogen and oxygen atoms in total. The fraction of sp³-hybridized carbons (Fsp3) is 0.600. The number of nitrogens with one attached hydrogen (secondary N) is 1. The molecule has 0 aliphatic carbocycles. The minimum atomic E-state index is 0.260. The Balaban J connectivity index is 2.15. The fourth-order valence-electron chi connectivity index (χ4n) is 1.13. The summed E-state index contributed by atoms with van der Waals surface area (Å²) >= 11 is 0. The molecule has 1 heterocycles. The van der Waals surface area contributed by atoms with Gasteiger partial charge in [0.05, 0.1) is 18.9 Å². The lowest BCUT2D eigenvalue weighted by atomic mass is 10.2. The average Bonchev–Trinajstić information content (AvgIpc) is 2.65. The maximum absolute atomic E-state index is 5.25. The first-order valence-electron chi connectivity index (χ1n) is 4.69. The summed E-state index contributed by atoms with van der Waals surface area (Å²) in [6.45, 7) is 6.45. The van der Waals surface area contributed by atoms with Crippen molar-refractivity contribution in [1.29, 1.82) is 0 Å². The lowest BCUT2D eigenvalue weighted by Gasteiger charge is -2.10. The highest BCUT2D eigenvalue weighted by Crippen LogP contribution is 2.11. The van der Waals surface area contributed by atoms with E-state index in [1.807, 2.05) is 19.1 Å². The van der Waals surface area contributed by atoms with Gasteiger partial charge in [-0.05, 0) is 26.0 Å². The predicted molar refractivity (Wildman–Crippen MR) is 51.6 cm³/mol. The summed E-state index contributed by atoms with van der Waals surface area (Å²) in [6, 6.07) is 4.13. The Morgan fingerprint density at radius 3 is 3.08 bits per heavy atom. The summed E-state index contributed by atoms with van der Waals surface area (Å²) in [5.74, 6) is 0.969. The number of hydrogen-bond acceptors (Lipinski definition) is 3. The molecular formula is C10H17NO2. The van der Waals surface area contributed by atoms with Gasteiger partial charge in [0.15, 0.2) is 0 Å². The van der Waals surface area contributed by atoms with Crippen molar-refractivity contribution in [3.8, 4) is 0 Å². The zero-order chi connectivity index (χ0) is 9.52. The van der Waals surface area contributed by atoms with E-state index in [1.54, 1.807) is 6.26 Å². The van der Waals surface area contributed by atoms with E-state index in [0.717, 1.165) is 25.5 Å². The summed E-state index contributed by atoms with van der Waals surface area (Å²) in [4.78, 5) is 0. The molecule has 0 amide bonds. The van der Waals surface area contributed by atoms with E-state index in [1.165, 1.54) is 0 Å². The normalized spacial score (nSPS) is 13.1. The smallest absolute Gasteiger partial charge is 0.120 e. The van der Waals surface area contributed by atoms with Crippen LogP contribution in [0, 0.1) is 0 Å². The number of ether oxygens (including phenoxy) is 1. The second-order valence-electron chi connectivity index (χ2n) is 2.89. The third-order valence-corrected chi connectivity index (χ3v) is 1.87. The summed E-state index contributed by atoms with van der Waals surface area (Å²) in [7, 11) is 0. The SMILES string of the molecule is CCOCCNC(C)c1ccco1. The molecule has 1 aromatic heterocycles. The third-order valence-electron chi connectivity index (χ3n) is 1.87. The van der Waals surface area contributed by atoms with Gasteiger partial charge in [0, 0.05) is 13.2 Å². The van der Waals surface area contributed by atoms with Gasteiger partial charge in [-0.1, -0.05) is 0 Å². The standard InChI is InChI=1S/C10H17NO2/c1-3-12-8-6-11-9(2)10-5-4-7-13-10/h4-5,7,9,11H,3,6,8H2,1-2H3. The van der Waals surface area contributed by atoms with Crippen LogP contribution in [0.15, 0.2) is 22.8 Å². The van der Waals surface area contributed by atoms with Crippen LogP contribution in [0.2, 0.25) is 0 Å². The summed E-state index contributed by atoms with van der Waals surface area (Å²) < 4.78 is 10.5. The van der Waals surface area contributed by atoms with Crippen molar-refractivity contribution in [1.82, 2.24) is 5.32 Å². The maximum Gasteiger partial charge on any atom is 0.120 e. The molecule has 0 bridgehead atoms. The van der Waals surface area contributed by atoms with E-state index in [4.69, 9.17) is 9.15 Å². The second-order valence-corrected chi connectivity index (χ2v) is 2.89. The van der Waals surface area contributed by atoms with E-state index in [9.17, 15) is 0 Å². The molecule has 1 rings (SSSR count). The molecule has 0 spiro atoms. The quantitative estimate of drug-likeness (QED) is 0.685. The van der Waals surface area contributed by atoms with Gasteiger partial charge >= 0.3 is 0 Å². The fourth-order valence-corrected chi connectivity index (χ4v) is 1.13. The van der Waals surface area contributed by atoms with Gasteiger partial charge in [-0.3, -0.25) is 0 Å². The number of furan rings is 1. The second kappa shape index (κ2) is 5.78. The molecule has 0 aliphatic heterocycles. The van der Waals surface area contributed by atoms with Crippen molar-refractivity contribution in [3.63, 3.8) is 0 Å². The topological polar surface area (TPSA) is 34.4 Å². The van der Waals surface area contributed by atoms with Gasteiger partial charge < -0.3 is 14.5 Å². The largest absolute Gasteiger partial charge is 0.468 e. The molecule has 13 heavy (non-hydrogen) atoms. The molecule has 1 atom stereocenters. The molecule has 1 unspecified atom stereocenters. The molecule has 0 radical (unpaired) electrons. The van der Waals surface area contributed by atoms with Crippen LogP contribution >= 0.6 is 0 Å². The zero-order valence-electron chi connectivity index (χ0n) is 8.25. The third kappa shape index (κ3) is 3.61. The summed E-state index contributed by atoms with van der Waals surface area (Å²) in [6.07, 6.45) is 1.69.